The lowest BCUT2D eigenvalue weighted by atomic mass is 10.0. The molecule has 2 N–H and O–H groups in total. The number of hydrogen-bond acceptors (Lipinski definition) is 3. The molecule has 22 heavy (non-hydrogen) atoms. The highest BCUT2D eigenvalue weighted by atomic mass is 35.5. The number of ether oxygens (including phenoxy) is 1. The van der Waals surface area contributed by atoms with Crippen LogP contribution in [0, 0.1) is 5.82 Å². The molecule has 124 valence electrons. The summed E-state index contributed by atoms with van der Waals surface area (Å²) in [5.41, 5.74) is -0.424. The summed E-state index contributed by atoms with van der Waals surface area (Å²) >= 11 is 5.72. The van der Waals surface area contributed by atoms with Gasteiger partial charge in [-0.15, -0.1) is 0 Å². The smallest absolute Gasteiger partial charge is 0.407 e. The van der Waals surface area contributed by atoms with Crippen LogP contribution in [0.3, 0.4) is 0 Å². The fraction of sp³-hybridized carbons (Fsp3) is 0.562. The molecule has 0 aliphatic heterocycles. The van der Waals surface area contributed by atoms with Gasteiger partial charge >= 0.3 is 6.09 Å². The number of carbonyl (C=O) groups is 1. The third kappa shape index (κ3) is 7.09. The summed E-state index contributed by atoms with van der Waals surface area (Å²) in [6.45, 7) is 9.94. The predicted octanol–water partition coefficient (Wildman–Crippen LogP) is 3.87. The summed E-state index contributed by atoms with van der Waals surface area (Å²) in [6.07, 6.45) is -0.472. The molecule has 0 spiro atoms. The highest BCUT2D eigenvalue weighted by molar-refractivity contribution is 6.30. The number of benzene rings is 1. The Bertz CT molecular complexity index is 527. The number of amides is 1. The Balaban J connectivity index is 2.48. The van der Waals surface area contributed by atoms with Gasteiger partial charge in [-0.2, -0.15) is 0 Å². The van der Waals surface area contributed by atoms with Gasteiger partial charge in [-0.05, 0) is 46.8 Å². The predicted molar refractivity (Wildman–Crippen MR) is 86.6 cm³/mol. The van der Waals surface area contributed by atoms with Gasteiger partial charge in [0.1, 0.15) is 11.4 Å². The molecule has 1 rings (SSSR count). The number of hydrogen-bond donors (Lipinski definition) is 2. The number of alkyl carbamates (subject to hydrolysis) is 1. The monoisotopic (exact) mass is 330 g/mol. The van der Waals surface area contributed by atoms with Crippen LogP contribution in [0.15, 0.2) is 18.2 Å². The number of carbonyl (C=O) groups excluding carboxylic acids is 1. The van der Waals surface area contributed by atoms with Gasteiger partial charge in [0.2, 0.25) is 0 Å². The van der Waals surface area contributed by atoms with Gasteiger partial charge in [0, 0.05) is 29.2 Å². The lowest BCUT2D eigenvalue weighted by Gasteiger charge is -2.28. The van der Waals surface area contributed by atoms with Crippen LogP contribution in [-0.2, 0) is 11.3 Å². The van der Waals surface area contributed by atoms with Crippen molar-refractivity contribution in [3.8, 4) is 0 Å². The van der Waals surface area contributed by atoms with E-state index in [4.69, 9.17) is 16.3 Å². The SMILES string of the molecule is CC(C)(CNC(=O)OC(C)(C)C)NCc1ccc(Cl)cc1F. The zero-order valence-electron chi connectivity index (χ0n) is 13.7. The van der Waals surface area contributed by atoms with E-state index >= 15 is 0 Å². The molecule has 1 amide bonds. The molecule has 1 aromatic carbocycles. The van der Waals surface area contributed by atoms with E-state index in [1.807, 2.05) is 13.8 Å². The van der Waals surface area contributed by atoms with Crippen molar-refractivity contribution < 1.29 is 13.9 Å². The lowest BCUT2D eigenvalue weighted by molar-refractivity contribution is 0.0513. The fourth-order valence-electron chi connectivity index (χ4n) is 1.67. The van der Waals surface area contributed by atoms with E-state index in [1.54, 1.807) is 32.9 Å². The van der Waals surface area contributed by atoms with Crippen LogP contribution in [0.2, 0.25) is 5.02 Å². The Morgan fingerprint density at radius 2 is 1.91 bits per heavy atom. The van der Waals surface area contributed by atoms with Crippen molar-refractivity contribution >= 4 is 17.7 Å². The first-order valence-electron chi connectivity index (χ1n) is 7.14. The van der Waals surface area contributed by atoms with Crippen molar-refractivity contribution in [2.75, 3.05) is 6.54 Å². The zero-order valence-corrected chi connectivity index (χ0v) is 14.5. The van der Waals surface area contributed by atoms with Crippen LogP contribution in [0.4, 0.5) is 9.18 Å². The Hall–Kier alpha value is -1.33. The van der Waals surface area contributed by atoms with Crippen molar-refractivity contribution in [2.24, 2.45) is 0 Å². The number of nitrogens with one attached hydrogen (secondary N) is 2. The first-order chi connectivity index (χ1) is 9.98. The maximum Gasteiger partial charge on any atom is 0.407 e. The summed E-state index contributed by atoms with van der Waals surface area (Å²) in [5.74, 6) is -0.351. The Morgan fingerprint density at radius 3 is 2.45 bits per heavy atom. The van der Waals surface area contributed by atoms with Gasteiger partial charge in [-0.25, -0.2) is 9.18 Å². The molecular formula is C16H24ClFN2O2. The van der Waals surface area contributed by atoms with Crippen LogP contribution >= 0.6 is 11.6 Å². The van der Waals surface area contributed by atoms with Gasteiger partial charge in [-0.1, -0.05) is 17.7 Å². The molecule has 4 nitrogen and oxygen atoms in total. The molecule has 0 atom stereocenters. The van der Waals surface area contributed by atoms with E-state index in [0.29, 0.717) is 23.7 Å². The first kappa shape index (κ1) is 18.7. The minimum atomic E-state index is -0.534. The Labute approximate surface area is 136 Å². The van der Waals surface area contributed by atoms with E-state index in [9.17, 15) is 9.18 Å². The van der Waals surface area contributed by atoms with E-state index < -0.39 is 17.2 Å². The van der Waals surface area contributed by atoms with E-state index in [0.717, 1.165) is 0 Å². The first-order valence-corrected chi connectivity index (χ1v) is 7.52. The molecule has 0 radical (unpaired) electrons. The average Bonchev–Trinajstić information content (AvgIpc) is 2.33. The largest absolute Gasteiger partial charge is 0.444 e. The summed E-state index contributed by atoms with van der Waals surface area (Å²) < 4.78 is 18.9. The zero-order chi connectivity index (χ0) is 17.0. The molecule has 0 aliphatic carbocycles. The quantitative estimate of drug-likeness (QED) is 0.861. The summed E-state index contributed by atoms with van der Waals surface area (Å²) in [5, 5.41) is 6.27. The topological polar surface area (TPSA) is 50.4 Å². The van der Waals surface area contributed by atoms with E-state index in [2.05, 4.69) is 10.6 Å². The second kappa shape index (κ2) is 7.29. The average molecular weight is 331 g/mol. The Morgan fingerprint density at radius 1 is 1.27 bits per heavy atom. The van der Waals surface area contributed by atoms with Crippen molar-refractivity contribution in [3.63, 3.8) is 0 Å². The van der Waals surface area contributed by atoms with Crippen LogP contribution in [0.25, 0.3) is 0 Å². The van der Waals surface area contributed by atoms with Crippen molar-refractivity contribution in [1.29, 1.82) is 0 Å². The van der Waals surface area contributed by atoms with Crippen LogP contribution in [0.5, 0.6) is 0 Å². The second-order valence-corrected chi connectivity index (χ2v) is 7.27. The molecule has 0 aromatic heterocycles. The normalized spacial score (nSPS) is 12.1. The van der Waals surface area contributed by atoms with Crippen LogP contribution < -0.4 is 10.6 Å². The molecule has 6 heteroatoms. The van der Waals surface area contributed by atoms with Crippen LogP contribution in [0.1, 0.15) is 40.2 Å². The number of halogens is 2. The fourth-order valence-corrected chi connectivity index (χ4v) is 1.83. The number of rotatable bonds is 5. The minimum absolute atomic E-state index is 0.339. The molecule has 0 fully saturated rings. The minimum Gasteiger partial charge on any atom is -0.444 e. The second-order valence-electron chi connectivity index (χ2n) is 6.83. The molecule has 0 saturated heterocycles. The molecular weight excluding hydrogens is 307 g/mol. The van der Waals surface area contributed by atoms with Gasteiger partial charge < -0.3 is 15.4 Å². The van der Waals surface area contributed by atoms with Gasteiger partial charge in [0.15, 0.2) is 0 Å². The third-order valence-electron chi connectivity index (χ3n) is 2.85. The summed E-state index contributed by atoms with van der Waals surface area (Å²) in [7, 11) is 0. The molecule has 0 heterocycles. The lowest BCUT2D eigenvalue weighted by Crippen LogP contribution is -2.49. The van der Waals surface area contributed by atoms with Crippen molar-refractivity contribution in [1.82, 2.24) is 10.6 Å². The summed E-state index contributed by atoms with van der Waals surface area (Å²) in [6, 6.07) is 4.57. The van der Waals surface area contributed by atoms with E-state index in [-0.39, 0.29) is 5.82 Å². The highest BCUT2D eigenvalue weighted by Gasteiger charge is 2.21. The van der Waals surface area contributed by atoms with Crippen molar-refractivity contribution in [2.45, 2.75) is 52.3 Å². The molecule has 0 saturated carbocycles. The maximum atomic E-state index is 13.7. The molecule has 0 aliphatic rings. The summed E-state index contributed by atoms with van der Waals surface area (Å²) in [4.78, 5) is 11.6. The molecule has 0 unspecified atom stereocenters. The van der Waals surface area contributed by atoms with Crippen LogP contribution in [-0.4, -0.2) is 23.8 Å². The standard InChI is InChI=1S/C16H24ClFN2O2/c1-15(2,3)22-14(21)19-10-16(4,5)20-9-11-6-7-12(17)8-13(11)18/h6-8,20H,9-10H2,1-5H3,(H,19,21). The maximum absolute atomic E-state index is 13.7. The van der Waals surface area contributed by atoms with E-state index in [1.165, 1.54) is 6.07 Å². The third-order valence-corrected chi connectivity index (χ3v) is 3.08. The van der Waals surface area contributed by atoms with Gasteiger partial charge in [0.05, 0.1) is 0 Å². The molecule has 0 bridgehead atoms. The highest BCUT2D eigenvalue weighted by Crippen LogP contribution is 2.15. The molecule has 1 aromatic rings. The van der Waals surface area contributed by atoms with Gasteiger partial charge in [-0.3, -0.25) is 0 Å². The van der Waals surface area contributed by atoms with Gasteiger partial charge in [0.25, 0.3) is 0 Å². The Kier molecular flexibility index (Phi) is 6.20. The van der Waals surface area contributed by atoms with Crippen molar-refractivity contribution in [3.05, 3.63) is 34.6 Å².